The van der Waals surface area contributed by atoms with Crippen molar-refractivity contribution in [3.8, 4) is 16.3 Å². The molecular weight excluding hydrogens is 556 g/mol. The van der Waals surface area contributed by atoms with Crippen LogP contribution in [0.3, 0.4) is 0 Å². The molecule has 0 atom stereocenters. The standard InChI is InChI=1S/C9H8ClN3S.C5H5BClN2O2.C5H5BrS/c1-5-4-14-9(13-5)6-3-12-8(11)2-7(6)10;7-3-1-5(8)9-2-4(3)11-6-10;1-4-2-5(6)7-3-4/h2-4H,1H3,(H2,11,12);1-2,10H,(H2,8,9);2-3H,1H3. The van der Waals surface area contributed by atoms with Crippen molar-refractivity contribution >= 4 is 81.1 Å². The molecule has 4 heterocycles. The molecule has 0 aliphatic carbocycles. The zero-order valence-electron chi connectivity index (χ0n) is 16.9. The summed E-state index contributed by atoms with van der Waals surface area (Å²) < 4.78 is 5.79. The average Bonchev–Trinajstić information content (AvgIpc) is 3.32. The fourth-order valence-corrected chi connectivity index (χ4v) is 4.65. The van der Waals surface area contributed by atoms with Crippen LogP contribution in [0.2, 0.25) is 10.0 Å². The van der Waals surface area contributed by atoms with Gasteiger partial charge in [0.15, 0.2) is 0 Å². The first kappa shape index (κ1) is 26.4. The molecule has 0 spiro atoms. The van der Waals surface area contributed by atoms with E-state index in [2.05, 4.69) is 53.9 Å². The second-order valence-corrected chi connectivity index (χ2v) is 10.0. The number of pyridine rings is 2. The second kappa shape index (κ2) is 13.0. The first-order valence-corrected chi connectivity index (χ1v) is 12.1. The summed E-state index contributed by atoms with van der Waals surface area (Å²) in [5.41, 5.74) is 13.9. The maximum atomic E-state index is 8.25. The van der Waals surface area contributed by atoms with E-state index in [0.29, 0.717) is 29.4 Å². The maximum Gasteiger partial charge on any atom is 0.569 e. The molecule has 0 fully saturated rings. The minimum atomic E-state index is 0.267. The number of thiazole rings is 1. The Balaban J connectivity index is 0.000000180. The van der Waals surface area contributed by atoms with Gasteiger partial charge in [-0.25, -0.2) is 15.0 Å². The van der Waals surface area contributed by atoms with E-state index in [-0.39, 0.29) is 5.75 Å². The zero-order chi connectivity index (χ0) is 23.7. The summed E-state index contributed by atoms with van der Waals surface area (Å²) in [6.45, 7) is 4.03. The van der Waals surface area contributed by atoms with E-state index >= 15 is 0 Å². The van der Waals surface area contributed by atoms with Crippen LogP contribution in [0.1, 0.15) is 11.3 Å². The van der Waals surface area contributed by atoms with E-state index in [0.717, 1.165) is 16.3 Å². The number of halogens is 3. The highest BCUT2D eigenvalue weighted by Gasteiger charge is 2.08. The minimum Gasteiger partial charge on any atom is -0.535 e. The topological polar surface area (TPSA) is 120 Å². The number of aryl methyl sites for hydroxylation is 2. The quantitative estimate of drug-likeness (QED) is 0.265. The summed E-state index contributed by atoms with van der Waals surface area (Å²) >= 11 is 18.3. The fourth-order valence-electron chi connectivity index (χ4n) is 2.05. The second-order valence-electron chi connectivity index (χ2n) is 6.07. The molecule has 13 heteroatoms. The molecule has 32 heavy (non-hydrogen) atoms. The van der Waals surface area contributed by atoms with Gasteiger partial charge in [0, 0.05) is 28.9 Å². The smallest absolute Gasteiger partial charge is 0.535 e. The number of hydrogen-bond donors (Lipinski definition) is 3. The van der Waals surface area contributed by atoms with Crippen molar-refractivity contribution < 1.29 is 9.68 Å². The number of nitrogen functional groups attached to an aromatic ring is 2. The van der Waals surface area contributed by atoms with E-state index in [1.807, 2.05) is 12.3 Å². The van der Waals surface area contributed by atoms with Crippen LogP contribution in [0, 0.1) is 13.8 Å². The van der Waals surface area contributed by atoms with Gasteiger partial charge < -0.3 is 21.1 Å². The number of rotatable bonds is 3. The molecule has 4 aromatic heterocycles. The first-order valence-electron chi connectivity index (χ1n) is 8.77. The molecule has 0 aromatic carbocycles. The Kier molecular flexibility index (Phi) is 10.7. The molecule has 0 unspecified atom stereocenters. The van der Waals surface area contributed by atoms with Crippen LogP contribution in [0.15, 0.2) is 45.1 Å². The molecule has 0 aliphatic heterocycles. The number of thiophene rings is 1. The number of hydrogen-bond acceptors (Lipinski definition) is 9. The molecule has 0 aliphatic rings. The Morgan fingerprint density at radius 1 is 1.00 bits per heavy atom. The summed E-state index contributed by atoms with van der Waals surface area (Å²) in [7, 11) is 0.527. The van der Waals surface area contributed by atoms with E-state index in [1.165, 1.54) is 21.6 Å². The van der Waals surface area contributed by atoms with Crippen molar-refractivity contribution in [2.24, 2.45) is 0 Å². The normalized spacial score (nSPS) is 9.81. The van der Waals surface area contributed by atoms with E-state index in [4.69, 9.17) is 39.7 Å². The Labute approximate surface area is 212 Å². The van der Waals surface area contributed by atoms with Crippen molar-refractivity contribution in [1.82, 2.24) is 15.0 Å². The van der Waals surface area contributed by atoms with Crippen LogP contribution in [0.25, 0.3) is 10.6 Å². The van der Waals surface area contributed by atoms with Gasteiger partial charge in [-0.2, -0.15) is 0 Å². The zero-order valence-corrected chi connectivity index (χ0v) is 21.7. The Morgan fingerprint density at radius 3 is 2.09 bits per heavy atom. The van der Waals surface area contributed by atoms with Crippen molar-refractivity contribution in [3.05, 3.63) is 66.4 Å². The molecule has 0 saturated carbocycles. The Bertz CT molecular complexity index is 1150. The Hall–Kier alpha value is -1.89. The molecule has 5 N–H and O–H groups in total. The van der Waals surface area contributed by atoms with Gasteiger partial charge >= 0.3 is 7.69 Å². The minimum absolute atomic E-state index is 0.267. The molecule has 7 nitrogen and oxygen atoms in total. The van der Waals surface area contributed by atoms with Gasteiger partial charge in [-0.05, 0) is 52.9 Å². The lowest BCUT2D eigenvalue weighted by atomic mass is 10.3. The fraction of sp³-hybridized carbons (Fsp3) is 0.105. The third-order valence-electron chi connectivity index (χ3n) is 3.44. The van der Waals surface area contributed by atoms with Gasteiger partial charge in [-0.3, -0.25) is 0 Å². The van der Waals surface area contributed by atoms with Crippen LogP contribution in [-0.2, 0) is 0 Å². The predicted octanol–water partition coefficient (Wildman–Crippen LogP) is 5.79. The van der Waals surface area contributed by atoms with Crippen molar-refractivity contribution in [1.29, 1.82) is 0 Å². The summed E-state index contributed by atoms with van der Waals surface area (Å²) in [5, 5.41) is 14.1. The lowest BCUT2D eigenvalue weighted by Gasteiger charge is -2.02. The van der Waals surface area contributed by atoms with Crippen LogP contribution < -0.4 is 16.1 Å². The average molecular weight is 574 g/mol. The van der Waals surface area contributed by atoms with Gasteiger partial charge in [0.05, 0.1) is 20.0 Å². The third-order valence-corrected chi connectivity index (χ3v) is 6.67. The summed E-state index contributed by atoms with van der Waals surface area (Å²) in [5.74, 6) is 0.996. The monoisotopic (exact) mass is 572 g/mol. The molecule has 4 rings (SSSR count). The largest absolute Gasteiger partial charge is 0.569 e. The highest BCUT2D eigenvalue weighted by molar-refractivity contribution is 9.11. The van der Waals surface area contributed by atoms with Gasteiger partial charge in [-0.1, -0.05) is 23.2 Å². The number of aromatic nitrogens is 3. The molecule has 167 valence electrons. The molecule has 0 saturated heterocycles. The van der Waals surface area contributed by atoms with Gasteiger partial charge in [0.1, 0.15) is 22.4 Å². The molecular formula is C19H18BBrCl2N5O2S2. The summed E-state index contributed by atoms with van der Waals surface area (Å²) in [6, 6.07) is 5.17. The molecule has 0 bridgehead atoms. The van der Waals surface area contributed by atoms with E-state index in [9.17, 15) is 0 Å². The van der Waals surface area contributed by atoms with E-state index < -0.39 is 0 Å². The van der Waals surface area contributed by atoms with Crippen LogP contribution in [-0.4, -0.2) is 27.7 Å². The highest BCUT2D eigenvalue weighted by atomic mass is 79.9. The molecule has 4 aromatic rings. The van der Waals surface area contributed by atoms with Crippen LogP contribution in [0.5, 0.6) is 5.75 Å². The Morgan fingerprint density at radius 2 is 1.66 bits per heavy atom. The van der Waals surface area contributed by atoms with Gasteiger partial charge in [0.2, 0.25) is 0 Å². The molecule has 0 amide bonds. The van der Waals surface area contributed by atoms with E-state index in [1.54, 1.807) is 34.9 Å². The highest BCUT2D eigenvalue weighted by Crippen LogP contribution is 2.30. The SMILES string of the molecule is Cc1csc(-c2cnc(N)cc2Cl)n1.Cc1csc(Br)c1.Nc1cc(Cl)c(O[B]O)cn1. The lowest BCUT2D eigenvalue weighted by molar-refractivity contribution is 0.453. The number of anilines is 2. The maximum absolute atomic E-state index is 8.25. The number of nitrogens with zero attached hydrogens (tertiary/aromatic N) is 3. The molecule has 1 radical (unpaired) electrons. The lowest BCUT2D eigenvalue weighted by Crippen LogP contribution is -2.01. The summed E-state index contributed by atoms with van der Waals surface area (Å²) in [4.78, 5) is 12.0. The van der Waals surface area contributed by atoms with Crippen molar-refractivity contribution in [3.63, 3.8) is 0 Å². The third kappa shape index (κ3) is 8.57. The number of nitrogens with two attached hydrogens (primary N) is 2. The van der Waals surface area contributed by atoms with Crippen LogP contribution >= 0.6 is 61.8 Å². The van der Waals surface area contributed by atoms with Crippen molar-refractivity contribution in [2.45, 2.75) is 13.8 Å². The summed E-state index contributed by atoms with van der Waals surface area (Å²) in [6.07, 6.45) is 2.97. The van der Waals surface area contributed by atoms with Crippen molar-refractivity contribution in [2.75, 3.05) is 11.5 Å². The predicted molar refractivity (Wildman–Crippen MR) is 139 cm³/mol. The van der Waals surface area contributed by atoms with Gasteiger partial charge in [0.25, 0.3) is 0 Å². The van der Waals surface area contributed by atoms with Crippen LogP contribution in [0.4, 0.5) is 11.6 Å². The van der Waals surface area contributed by atoms with Gasteiger partial charge in [-0.15, -0.1) is 22.7 Å². The first-order chi connectivity index (χ1) is 15.2.